The minimum Gasteiger partial charge on any atom is -0.396 e. The fraction of sp³-hybridized carbons (Fsp3) is 0.200. The molecule has 0 saturated carbocycles. The maximum atomic E-state index is 8.77. The Morgan fingerprint density at radius 1 is 1.50 bits per heavy atom. The van der Waals surface area contributed by atoms with Crippen molar-refractivity contribution in [2.45, 2.75) is 6.42 Å². The lowest BCUT2D eigenvalue weighted by Gasteiger charge is -1.93. The highest BCUT2D eigenvalue weighted by molar-refractivity contribution is 5.82. The number of hydrogen-bond acceptors (Lipinski definition) is 1. The fourth-order valence-corrected chi connectivity index (χ4v) is 1.39. The Kier molecular flexibility index (Phi) is 1.84. The van der Waals surface area contributed by atoms with Gasteiger partial charge in [-0.05, 0) is 30.2 Å². The van der Waals surface area contributed by atoms with Crippen molar-refractivity contribution in [3.63, 3.8) is 0 Å². The van der Waals surface area contributed by atoms with Gasteiger partial charge in [0.25, 0.3) is 0 Å². The molecule has 12 heavy (non-hydrogen) atoms. The van der Waals surface area contributed by atoms with Gasteiger partial charge >= 0.3 is 0 Å². The van der Waals surface area contributed by atoms with Crippen molar-refractivity contribution in [2.75, 3.05) is 6.61 Å². The number of nitrogens with one attached hydrogen (secondary N) is 1. The van der Waals surface area contributed by atoms with Crippen molar-refractivity contribution in [1.82, 2.24) is 4.98 Å². The first-order valence-corrected chi connectivity index (χ1v) is 3.99. The van der Waals surface area contributed by atoms with Gasteiger partial charge < -0.3 is 10.1 Å². The number of aliphatic hydroxyl groups is 1. The summed E-state index contributed by atoms with van der Waals surface area (Å²) in [6.07, 6.45) is 2.65. The van der Waals surface area contributed by atoms with Gasteiger partial charge in [-0.1, -0.05) is 6.07 Å². The molecule has 1 aromatic heterocycles. The number of hydrogen-bond donors (Lipinski definition) is 2. The fourth-order valence-electron chi connectivity index (χ4n) is 1.39. The monoisotopic (exact) mass is 160 g/mol. The van der Waals surface area contributed by atoms with Crippen LogP contribution < -0.4 is 0 Å². The number of benzene rings is 1. The Bertz CT molecular complexity index is 378. The minimum absolute atomic E-state index is 0.196. The molecule has 0 unspecified atom stereocenters. The lowest BCUT2D eigenvalue weighted by atomic mass is 10.1. The van der Waals surface area contributed by atoms with Gasteiger partial charge in [-0.25, -0.2) is 0 Å². The third-order valence-electron chi connectivity index (χ3n) is 1.99. The van der Waals surface area contributed by atoms with Gasteiger partial charge in [-0.2, -0.15) is 0 Å². The molecule has 0 bridgehead atoms. The van der Waals surface area contributed by atoms with Crippen molar-refractivity contribution in [1.29, 1.82) is 0 Å². The maximum Gasteiger partial charge on any atom is 0.0472 e. The Morgan fingerprint density at radius 3 is 3.25 bits per heavy atom. The van der Waals surface area contributed by atoms with Gasteiger partial charge in [0.1, 0.15) is 0 Å². The summed E-state index contributed by atoms with van der Waals surface area (Å²) in [5.41, 5.74) is 2.27. The number of aromatic nitrogens is 1. The molecule has 1 radical (unpaired) electrons. The normalized spacial score (nSPS) is 10.8. The van der Waals surface area contributed by atoms with Crippen LogP contribution in [0.3, 0.4) is 0 Å². The average Bonchev–Trinajstić information content (AvgIpc) is 2.50. The molecule has 0 saturated heterocycles. The molecule has 1 heterocycles. The maximum absolute atomic E-state index is 8.77. The van der Waals surface area contributed by atoms with Crippen molar-refractivity contribution >= 4 is 10.9 Å². The van der Waals surface area contributed by atoms with E-state index in [1.54, 1.807) is 0 Å². The number of aromatic amines is 1. The second-order valence-electron chi connectivity index (χ2n) is 2.76. The zero-order chi connectivity index (χ0) is 8.39. The van der Waals surface area contributed by atoms with E-state index >= 15 is 0 Å². The van der Waals surface area contributed by atoms with Crippen molar-refractivity contribution in [3.8, 4) is 0 Å². The summed E-state index contributed by atoms with van der Waals surface area (Å²) in [5, 5.41) is 9.93. The van der Waals surface area contributed by atoms with Crippen molar-refractivity contribution in [3.05, 3.63) is 36.0 Å². The van der Waals surface area contributed by atoms with E-state index < -0.39 is 0 Å². The van der Waals surface area contributed by atoms with Crippen molar-refractivity contribution in [2.24, 2.45) is 0 Å². The summed E-state index contributed by atoms with van der Waals surface area (Å²) in [7, 11) is 0. The third kappa shape index (κ3) is 1.10. The lowest BCUT2D eigenvalue weighted by Crippen LogP contribution is -1.87. The average molecular weight is 160 g/mol. The number of H-pyrrole nitrogens is 1. The van der Waals surface area contributed by atoms with Gasteiger partial charge in [0, 0.05) is 23.7 Å². The predicted octanol–water partition coefficient (Wildman–Crippen LogP) is 1.50. The summed E-state index contributed by atoms with van der Waals surface area (Å²) in [6, 6.07) is 8.82. The highest BCUT2D eigenvalue weighted by atomic mass is 16.2. The quantitative estimate of drug-likeness (QED) is 0.686. The van der Waals surface area contributed by atoms with Crippen LogP contribution >= 0.6 is 0 Å². The highest BCUT2D eigenvalue weighted by Gasteiger charge is 2.00. The number of rotatable bonds is 2. The zero-order valence-corrected chi connectivity index (χ0v) is 6.67. The van der Waals surface area contributed by atoms with Gasteiger partial charge in [0.05, 0.1) is 0 Å². The van der Waals surface area contributed by atoms with Crippen LogP contribution in [0.5, 0.6) is 0 Å². The number of fused-ring (bicyclic) bond motifs is 1. The number of aliphatic hydroxyl groups excluding tert-OH is 1. The Balaban J connectivity index is 2.55. The second-order valence-corrected chi connectivity index (χ2v) is 2.76. The highest BCUT2D eigenvalue weighted by Crippen LogP contribution is 2.17. The van der Waals surface area contributed by atoms with E-state index in [0.717, 1.165) is 16.5 Å². The SMILES string of the molecule is OCCc1c[nH]c2cc[c]cc12. The van der Waals surface area contributed by atoms with E-state index in [2.05, 4.69) is 11.1 Å². The molecule has 2 rings (SSSR count). The minimum atomic E-state index is 0.196. The largest absolute Gasteiger partial charge is 0.396 e. The van der Waals surface area contributed by atoms with Gasteiger partial charge in [0.15, 0.2) is 0 Å². The van der Waals surface area contributed by atoms with Crippen LogP contribution in [0.4, 0.5) is 0 Å². The molecule has 0 aliphatic rings. The molecular weight excluding hydrogens is 150 g/mol. The van der Waals surface area contributed by atoms with E-state index in [1.807, 2.05) is 24.4 Å². The molecule has 0 aliphatic heterocycles. The molecule has 0 atom stereocenters. The molecule has 61 valence electrons. The Hall–Kier alpha value is -1.28. The van der Waals surface area contributed by atoms with Crippen LogP contribution in [0.25, 0.3) is 10.9 Å². The van der Waals surface area contributed by atoms with E-state index in [-0.39, 0.29) is 6.61 Å². The molecule has 2 aromatic rings. The molecule has 0 aliphatic carbocycles. The molecular formula is C10H10NO. The summed E-state index contributed by atoms with van der Waals surface area (Å²) < 4.78 is 0. The molecule has 2 heteroatoms. The summed E-state index contributed by atoms with van der Waals surface area (Å²) in [4.78, 5) is 3.14. The summed E-state index contributed by atoms with van der Waals surface area (Å²) in [6.45, 7) is 0.196. The molecule has 0 fully saturated rings. The van der Waals surface area contributed by atoms with Gasteiger partial charge in [-0.15, -0.1) is 0 Å². The first kappa shape index (κ1) is 7.37. The van der Waals surface area contributed by atoms with Crippen LogP contribution in [0.1, 0.15) is 5.56 Å². The van der Waals surface area contributed by atoms with Gasteiger partial charge in [0.2, 0.25) is 0 Å². The van der Waals surface area contributed by atoms with E-state index in [0.29, 0.717) is 6.42 Å². The zero-order valence-electron chi connectivity index (χ0n) is 6.67. The summed E-state index contributed by atoms with van der Waals surface area (Å²) >= 11 is 0. The lowest BCUT2D eigenvalue weighted by molar-refractivity contribution is 0.300. The smallest absolute Gasteiger partial charge is 0.0472 e. The van der Waals surface area contributed by atoms with Crippen molar-refractivity contribution < 1.29 is 5.11 Å². The van der Waals surface area contributed by atoms with E-state index in [9.17, 15) is 0 Å². The van der Waals surface area contributed by atoms with E-state index in [4.69, 9.17) is 5.11 Å². The van der Waals surface area contributed by atoms with Crippen LogP contribution in [0.15, 0.2) is 24.4 Å². The molecule has 1 aromatic carbocycles. The summed E-state index contributed by atoms with van der Waals surface area (Å²) in [5.74, 6) is 0. The molecule has 2 N–H and O–H groups in total. The Morgan fingerprint density at radius 2 is 2.42 bits per heavy atom. The predicted molar refractivity (Wildman–Crippen MR) is 47.9 cm³/mol. The van der Waals surface area contributed by atoms with Gasteiger partial charge in [-0.3, -0.25) is 0 Å². The first-order valence-electron chi connectivity index (χ1n) is 3.99. The molecule has 0 amide bonds. The van der Waals surface area contributed by atoms with Crippen LogP contribution in [0, 0.1) is 6.07 Å². The standard InChI is InChI=1S/C10H10NO/c12-6-5-8-7-11-10-4-2-1-3-9(8)10/h2-4,7,11-12H,5-6H2. The van der Waals surface area contributed by atoms with E-state index in [1.165, 1.54) is 0 Å². The van der Waals surface area contributed by atoms with Crippen LogP contribution in [-0.2, 0) is 6.42 Å². The Labute approximate surface area is 70.8 Å². The molecule has 0 spiro atoms. The van der Waals surface area contributed by atoms with Crippen LogP contribution in [0.2, 0.25) is 0 Å². The van der Waals surface area contributed by atoms with Crippen LogP contribution in [-0.4, -0.2) is 16.7 Å². The first-order chi connectivity index (χ1) is 5.92. The molecule has 2 nitrogen and oxygen atoms in total. The second kappa shape index (κ2) is 2.99. The topological polar surface area (TPSA) is 36.0 Å². The third-order valence-corrected chi connectivity index (χ3v) is 1.99.